The minimum atomic E-state index is -0.884. The molecule has 2 aromatic rings. The lowest BCUT2D eigenvalue weighted by molar-refractivity contribution is -0.0530. The molecule has 1 N–H and O–H groups in total. The lowest BCUT2D eigenvalue weighted by Crippen LogP contribution is -2.35. The molecule has 0 atom stereocenters. The van der Waals surface area contributed by atoms with E-state index in [4.69, 9.17) is 14.2 Å². The van der Waals surface area contributed by atoms with Crippen LogP contribution in [0.15, 0.2) is 48.5 Å². The van der Waals surface area contributed by atoms with Crippen LogP contribution < -0.4 is 4.74 Å². The molecule has 1 saturated carbocycles. The van der Waals surface area contributed by atoms with Crippen molar-refractivity contribution in [3.8, 4) is 16.9 Å². The van der Waals surface area contributed by atoms with Crippen LogP contribution >= 0.6 is 0 Å². The van der Waals surface area contributed by atoms with Crippen LogP contribution in [0.4, 0.5) is 4.79 Å². The molecule has 0 aliphatic heterocycles. The van der Waals surface area contributed by atoms with Crippen LogP contribution in [0.5, 0.6) is 5.75 Å². The Balaban J connectivity index is 1.60. The number of carbonyl (C=O) groups excluding carboxylic acids is 1. The zero-order valence-electron chi connectivity index (χ0n) is 17.2. The highest BCUT2D eigenvalue weighted by atomic mass is 16.7. The molecule has 29 heavy (non-hydrogen) atoms. The molecule has 1 fully saturated rings. The molecule has 3 rings (SSSR count). The minimum Gasteiger partial charge on any atom is -0.494 e. The van der Waals surface area contributed by atoms with Crippen molar-refractivity contribution in [2.45, 2.75) is 57.7 Å². The average molecular weight is 398 g/mol. The number of aliphatic hydroxyl groups is 1. The van der Waals surface area contributed by atoms with Gasteiger partial charge in [0.05, 0.1) is 18.8 Å². The lowest BCUT2D eigenvalue weighted by atomic mass is 9.78. The van der Waals surface area contributed by atoms with Crippen LogP contribution in [0.25, 0.3) is 11.1 Å². The second-order valence-electron chi connectivity index (χ2n) is 7.48. The summed E-state index contributed by atoms with van der Waals surface area (Å²) >= 11 is 0. The summed E-state index contributed by atoms with van der Waals surface area (Å²) < 4.78 is 15.8. The van der Waals surface area contributed by atoms with Gasteiger partial charge in [-0.05, 0) is 67.9 Å². The topological polar surface area (TPSA) is 65.0 Å². The lowest BCUT2D eigenvalue weighted by Gasteiger charge is -2.36. The number of benzene rings is 2. The Morgan fingerprint density at radius 2 is 1.59 bits per heavy atom. The fourth-order valence-corrected chi connectivity index (χ4v) is 3.70. The molecule has 2 aromatic carbocycles. The Morgan fingerprint density at radius 3 is 2.14 bits per heavy atom. The molecule has 1 aliphatic carbocycles. The molecule has 0 bridgehead atoms. The smallest absolute Gasteiger partial charge is 0.494 e. The molecule has 0 saturated heterocycles. The SMILES string of the molecule is CCCOc1ccc(-c2ccc(C3(O)CCC(OC(=O)OCC)CC3)cc2)cc1. The van der Waals surface area contributed by atoms with Gasteiger partial charge in [0, 0.05) is 0 Å². The van der Waals surface area contributed by atoms with Crippen molar-refractivity contribution in [3.63, 3.8) is 0 Å². The van der Waals surface area contributed by atoms with Crippen LogP contribution in [0.1, 0.15) is 51.5 Å². The second-order valence-corrected chi connectivity index (χ2v) is 7.48. The minimum absolute atomic E-state index is 0.193. The predicted molar refractivity (Wildman–Crippen MR) is 112 cm³/mol. The molecule has 5 heteroatoms. The molecule has 0 radical (unpaired) electrons. The highest BCUT2D eigenvalue weighted by molar-refractivity contribution is 5.64. The highest BCUT2D eigenvalue weighted by Gasteiger charge is 2.36. The Morgan fingerprint density at radius 1 is 1.00 bits per heavy atom. The van der Waals surface area contributed by atoms with E-state index in [2.05, 4.69) is 6.92 Å². The predicted octanol–water partition coefficient (Wildman–Crippen LogP) is 5.45. The van der Waals surface area contributed by atoms with E-state index in [1.54, 1.807) is 6.92 Å². The first-order valence-electron chi connectivity index (χ1n) is 10.4. The maximum Gasteiger partial charge on any atom is 0.508 e. The molecule has 0 unspecified atom stereocenters. The first kappa shape index (κ1) is 21.2. The van der Waals surface area contributed by atoms with E-state index in [0.717, 1.165) is 35.5 Å². The molecular formula is C24H30O5. The third kappa shape index (κ3) is 5.51. The standard InChI is InChI=1S/C24H30O5/c1-3-17-28-21-11-7-19(8-12-21)18-5-9-20(10-6-18)24(26)15-13-22(14-16-24)29-23(25)27-4-2/h5-12,22,26H,3-4,13-17H2,1-2H3. The second kappa shape index (κ2) is 9.79. The van der Waals surface area contributed by atoms with Crippen molar-refractivity contribution in [1.82, 2.24) is 0 Å². The molecular weight excluding hydrogens is 368 g/mol. The normalized spacial score (nSPS) is 21.4. The maximum atomic E-state index is 11.5. The molecule has 156 valence electrons. The molecule has 5 nitrogen and oxygen atoms in total. The van der Waals surface area contributed by atoms with Gasteiger partial charge >= 0.3 is 6.16 Å². The van der Waals surface area contributed by atoms with E-state index in [-0.39, 0.29) is 6.10 Å². The largest absolute Gasteiger partial charge is 0.508 e. The summed E-state index contributed by atoms with van der Waals surface area (Å²) in [6.45, 7) is 4.86. The molecule has 0 aromatic heterocycles. The van der Waals surface area contributed by atoms with Gasteiger partial charge in [-0.3, -0.25) is 0 Å². The number of hydrogen-bond donors (Lipinski definition) is 1. The average Bonchev–Trinajstić information content (AvgIpc) is 2.75. The van der Waals surface area contributed by atoms with Crippen LogP contribution in [0.2, 0.25) is 0 Å². The van der Waals surface area contributed by atoms with Gasteiger partial charge in [-0.2, -0.15) is 0 Å². The summed E-state index contributed by atoms with van der Waals surface area (Å²) in [5.41, 5.74) is 2.22. The molecule has 0 heterocycles. The number of hydrogen-bond acceptors (Lipinski definition) is 5. The van der Waals surface area contributed by atoms with E-state index in [1.807, 2.05) is 48.5 Å². The van der Waals surface area contributed by atoms with Gasteiger partial charge in [-0.1, -0.05) is 43.3 Å². The van der Waals surface area contributed by atoms with Crippen molar-refractivity contribution in [2.75, 3.05) is 13.2 Å². The van der Waals surface area contributed by atoms with Crippen molar-refractivity contribution in [2.24, 2.45) is 0 Å². The summed E-state index contributed by atoms with van der Waals surface area (Å²) in [6, 6.07) is 16.1. The van der Waals surface area contributed by atoms with Gasteiger partial charge in [-0.15, -0.1) is 0 Å². The summed E-state index contributed by atoms with van der Waals surface area (Å²) in [4.78, 5) is 11.5. The van der Waals surface area contributed by atoms with Gasteiger partial charge in [0.2, 0.25) is 0 Å². The molecule has 0 amide bonds. The van der Waals surface area contributed by atoms with Crippen molar-refractivity contribution in [1.29, 1.82) is 0 Å². The van der Waals surface area contributed by atoms with Crippen LogP contribution in [-0.2, 0) is 15.1 Å². The number of carbonyl (C=O) groups is 1. The first-order valence-corrected chi connectivity index (χ1v) is 10.4. The number of rotatable bonds is 7. The Kier molecular flexibility index (Phi) is 7.15. The van der Waals surface area contributed by atoms with Gasteiger partial charge in [-0.25, -0.2) is 4.79 Å². The third-order valence-electron chi connectivity index (χ3n) is 5.37. The Labute approximate surface area is 172 Å². The van der Waals surface area contributed by atoms with E-state index in [0.29, 0.717) is 32.3 Å². The highest BCUT2D eigenvalue weighted by Crippen LogP contribution is 2.38. The Hall–Kier alpha value is -2.53. The third-order valence-corrected chi connectivity index (χ3v) is 5.37. The summed E-state index contributed by atoms with van der Waals surface area (Å²) in [7, 11) is 0. The van der Waals surface area contributed by atoms with Crippen LogP contribution in [0.3, 0.4) is 0 Å². The summed E-state index contributed by atoms with van der Waals surface area (Å²) in [5, 5.41) is 11.1. The fraction of sp³-hybridized carbons (Fsp3) is 0.458. The van der Waals surface area contributed by atoms with Gasteiger partial charge < -0.3 is 19.3 Å². The quantitative estimate of drug-likeness (QED) is 0.629. The zero-order valence-corrected chi connectivity index (χ0v) is 17.2. The van der Waals surface area contributed by atoms with Gasteiger partial charge in [0.15, 0.2) is 0 Å². The summed E-state index contributed by atoms with van der Waals surface area (Å²) in [5.74, 6) is 0.878. The van der Waals surface area contributed by atoms with Crippen molar-refractivity contribution >= 4 is 6.16 Å². The van der Waals surface area contributed by atoms with Gasteiger partial charge in [0.1, 0.15) is 11.9 Å². The summed E-state index contributed by atoms with van der Waals surface area (Å²) in [6.07, 6.45) is 2.52. The van der Waals surface area contributed by atoms with Crippen molar-refractivity contribution < 1.29 is 24.1 Å². The first-order chi connectivity index (χ1) is 14.0. The molecule has 0 spiro atoms. The van der Waals surface area contributed by atoms with E-state index < -0.39 is 11.8 Å². The fourth-order valence-electron chi connectivity index (χ4n) is 3.70. The monoisotopic (exact) mass is 398 g/mol. The molecule has 1 aliphatic rings. The number of ether oxygens (including phenoxy) is 3. The van der Waals surface area contributed by atoms with Crippen LogP contribution in [-0.4, -0.2) is 30.6 Å². The van der Waals surface area contributed by atoms with Crippen LogP contribution in [0, 0.1) is 0 Å². The van der Waals surface area contributed by atoms with E-state index in [1.165, 1.54) is 0 Å². The Bertz CT molecular complexity index is 774. The van der Waals surface area contributed by atoms with E-state index in [9.17, 15) is 9.90 Å². The maximum absolute atomic E-state index is 11.5. The van der Waals surface area contributed by atoms with Gasteiger partial charge in [0.25, 0.3) is 0 Å². The zero-order chi connectivity index (χ0) is 20.7. The van der Waals surface area contributed by atoms with Crippen molar-refractivity contribution in [3.05, 3.63) is 54.1 Å². The van der Waals surface area contributed by atoms with E-state index >= 15 is 0 Å².